The van der Waals surface area contributed by atoms with E-state index in [9.17, 15) is 29.4 Å². The summed E-state index contributed by atoms with van der Waals surface area (Å²) in [5, 5.41) is 22.3. The fourth-order valence-corrected chi connectivity index (χ4v) is 4.05. The summed E-state index contributed by atoms with van der Waals surface area (Å²) in [7, 11) is 2.48. The fourth-order valence-electron chi connectivity index (χ4n) is 4.05. The number of pyridine rings is 1. The summed E-state index contributed by atoms with van der Waals surface area (Å²) in [6, 6.07) is 17.8. The minimum atomic E-state index is -1.26. The summed E-state index contributed by atoms with van der Waals surface area (Å²) < 4.78 is 9.53. The van der Waals surface area contributed by atoms with E-state index in [1.54, 1.807) is 54.6 Å². The van der Waals surface area contributed by atoms with Gasteiger partial charge in [0, 0.05) is 11.8 Å². The number of amides is 1. The number of phenols is 1. The molecule has 10 heteroatoms. The number of aromatic carboxylic acids is 1. The van der Waals surface area contributed by atoms with Crippen molar-refractivity contribution in [1.82, 2.24) is 10.3 Å². The fraction of sp³-hybridized carbons (Fsp3) is 0.138. The molecule has 1 heterocycles. The van der Waals surface area contributed by atoms with E-state index in [0.717, 1.165) is 11.6 Å². The maximum absolute atomic E-state index is 13.1. The van der Waals surface area contributed by atoms with E-state index in [2.05, 4.69) is 10.3 Å². The average Bonchev–Trinajstić information content (AvgIpc) is 2.96. The van der Waals surface area contributed by atoms with Crippen LogP contribution in [0.4, 0.5) is 0 Å². The standard InChI is InChI=1S/C29H24N2O8/c1-38-28(36)18-7-5-17(6-8-18)19-9-12-23-21(14-19)22(27(34)35)15-24(30-23)26(33)31-25(29(37)39-2)13-16-3-10-20(32)11-4-16/h3-12,14-15,25,32H,13H2,1-2H3,(H,31,33)(H,34,35)/t25-/m0/s1. The van der Waals surface area contributed by atoms with Crippen molar-refractivity contribution in [2.75, 3.05) is 14.2 Å². The molecule has 1 atom stereocenters. The zero-order valence-electron chi connectivity index (χ0n) is 21.0. The molecular weight excluding hydrogens is 504 g/mol. The van der Waals surface area contributed by atoms with Crippen molar-refractivity contribution >= 4 is 34.7 Å². The van der Waals surface area contributed by atoms with Crippen molar-refractivity contribution in [2.45, 2.75) is 12.5 Å². The van der Waals surface area contributed by atoms with E-state index in [1.807, 2.05) is 0 Å². The highest BCUT2D eigenvalue weighted by Crippen LogP contribution is 2.27. The van der Waals surface area contributed by atoms with Crippen LogP contribution in [0.3, 0.4) is 0 Å². The van der Waals surface area contributed by atoms with Gasteiger partial charge in [0.2, 0.25) is 0 Å². The Bertz CT molecular complexity index is 1560. The van der Waals surface area contributed by atoms with Gasteiger partial charge in [-0.2, -0.15) is 0 Å². The monoisotopic (exact) mass is 528 g/mol. The van der Waals surface area contributed by atoms with E-state index in [0.29, 0.717) is 22.1 Å². The van der Waals surface area contributed by atoms with Gasteiger partial charge in [-0.3, -0.25) is 4.79 Å². The lowest BCUT2D eigenvalue weighted by Gasteiger charge is -2.17. The van der Waals surface area contributed by atoms with Gasteiger partial charge in [0.1, 0.15) is 17.5 Å². The van der Waals surface area contributed by atoms with Crippen LogP contribution in [0.2, 0.25) is 0 Å². The molecule has 0 bridgehead atoms. The summed E-state index contributed by atoms with van der Waals surface area (Å²) in [5.41, 5.74) is 2.39. The number of carbonyl (C=O) groups is 4. The first-order chi connectivity index (χ1) is 18.7. The van der Waals surface area contributed by atoms with Crippen LogP contribution in [0.5, 0.6) is 5.75 Å². The Morgan fingerprint density at radius 1 is 0.872 bits per heavy atom. The van der Waals surface area contributed by atoms with E-state index >= 15 is 0 Å². The number of phenolic OH excluding ortho intramolecular Hbond substituents is 1. The highest BCUT2D eigenvalue weighted by Gasteiger charge is 2.25. The zero-order valence-corrected chi connectivity index (χ0v) is 21.0. The van der Waals surface area contributed by atoms with Crippen LogP contribution in [0.25, 0.3) is 22.0 Å². The lowest BCUT2D eigenvalue weighted by Crippen LogP contribution is -2.43. The Balaban J connectivity index is 1.65. The number of aromatic hydroxyl groups is 1. The molecule has 0 fully saturated rings. The Morgan fingerprint density at radius 2 is 1.54 bits per heavy atom. The number of ether oxygens (including phenoxy) is 2. The van der Waals surface area contributed by atoms with Crippen molar-refractivity contribution in [2.24, 2.45) is 0 Å². The number of hydrogen-bond donors (Lipinski definition) is 3. The molecule has 0 aliphatic heterocycles. The smallest absolute Gasteiger partial charge is 0.337 e. The van der Waals surface area contributed by atoms with Crippen LogP contribution in [-0.4, -0.2) is 59.3 Å². The van der Waals surface area contributed by atoms with Gasteiger partial charge in [0.25, 0.3) is 5.91 Å². The molecule has 4 rings (SSSR count). The van der Waals surface area contributed by atoms with Crippen LogP contribution >= 0.6 is 0 Å². The molecule has 10 nitrogen and oxygen atoms in total. The largest absolute Gasteiger partial charge is 0.508 e. The molecule has 3 aromatic carbocycles. The maximum Gasteiger partial charge on any atom is 0.337 e. The van der Waals surface area contributed by atoms with Gasteiger partial charge in [-0.1, -0.05) is 30.3 Å². The number of esters is 2. The van der Waals surface area contributed by atoms with Crippen LogP contribution in [0, 0.1) is 0 Å². The number of carbonyl (C=O) groups excluding carboxylic acids is 3. The molecule has 0 saturated carbocycles. The molecule has 39 heavy (non-hydrogen) atoms. The number of nitrogens with one attached hydrogen (secondary N) is 1. The third-order valence-electron chi connectivity index (χ3n) is 6.08. The van der Waals surface area contributed by atoms with Crippen LogP contribution in [0.15, 0.2) is 72.8 Å². The molecule has 0 aliphatic carbocycles. The SMILES string of the molecule is COC(=O)c1ccc(-c2ccc3nc(C(=O)N[C@@H](Cc4ccc(O)cc4)C(=O)OC)cc(C(=O)O)c3c2)cc1. The number of nitrogens with zero attached hydrogens (tertiary/aromatic N) is 1. The molecule has 198 valence electrons. The minimum Gasteiger partial charge on any atom is -0.508 e. The lowest BCUT2D eigenvalue weighted by molar-refractivity contribution is -0.142. The van der Waals surface area contributed by atoms with Gasteiger partial charge in [0.15, 0.2) is 0 Å². The Hall–Kier alpha value is -5.25. The van der Waals surface area contributed by atoms with E-state index in [1.165, 1.54) is 26.4 Å². The molecule has 0 aliphatic rings. The molecule has 0 unspecified atom stereocenters. The van der Waals surface area contributed by atoms with E-state index in [4.69, 9.17) is 9.47 Å². The second-order valence-corrected chi connectivity index (χ2v) is 8.58. The van der Waals surface area contributed by atoms with Gasteiger partial charge in [-0.05, 0) is 59.2 Å². The predicted octanol–water partition coefficient (Wildman–Crippen LogP) is 3.61. The molecular formula is C29H24N2O8. The molecule has 1 amide bonds. The molecule has 4 aromatic rings. The van der Waals surface area contributed by atoms with Crippen LogP contribution < -0.4 is 5.32 Å². The summed E-state index contributed by atoms with van der Waals surface area (Å²) in [6.45, 7) is 0. The topological polar surface area (TPSA) is 152 Å². The Kier molecular flexibility index (Phi) is 7.85. The molecule has 0 spiro atoms. The number of aromatic nitrogens is 1. The summed E-state index contributed by atoms with van der Waals surface area (Å²) in [5.74, 6) is -3.13. The normalized spacial score (nSPS) is 11.4. The van der Waals surface area contributed by atoms with Crippen molar-refractivity contribution in [3.63, 3.8) is 0 Å². The third kappa shape index (κ3) is 6.02. The predicted molar refractivity (Wildman–Crippen MR) is 141 cm³/mol. The van der Waals surface area contributed by atoms with Crippen molar-refractivity contribution < 1.29 is 38.9 Å². The van der Waals surface area contributed by atoms with Crippen LogP contribution in [-0.2, 0) is 20.7 Å². The minimum absolute atomic E-state index is 0.0559. The molecule has 0 radical (unpaired) electrons. The highest BCUT2D eigenvalue weighted by atomic mass is 16.5. The quantitative estimate of drug-likeness (QED) is 0.291. The highest BCUT2D eigenvalue weighted by molar-refractivity contribution is 6.07. The van der Waals surface area contributed by atoms with Crippen molar-refractivity contribution in [3.05, 3.63) is 95.2 Å². The number of fused-ring (bicyclic) bond motifs is 1. The Labute approximate surface area is 222 Å². The summed E-state index contributed by atoms with van der Waals surface area (Å²) in [4.78, 5) is 53.6. The van der Waals surface area contributed by atoms with Gasteiger partial charge in [0.05, 0.1) is 30.9 Å². The van der Waals surface area contributed by atoms with E-state index < -0.39 is 29.9 Å². The lowest BCUT2D eigenvalue weighted by atomic mass is 9.99. The number of benzene rings is 3. The van der Waals surface area contributed by atoms with Crippen LogP contribution in [0.1, 0.15) is 36.8 Å². The number of rotatable bonds is 8. The molecule has 1 aromatic heterocycles. The van der Waals surface area contributed by atoms with E-state index in [-0.39, 0.29) is 28.9 Å². The van der Waals surface area contributed by atoms with Crippen molar-refractivity contribution in [1.29, 1.82) is 0 Å². The second-order valence-electron chi connectivity index (χ2n) is 8.58. The first kappa shape index (κ1) is 26.8. The van der Waals surface area contributed by atoms with Gasteiger partial charge in [-0.15, -0.1) is 0 Å². The van der Waals surface area contributed by atoms with Gasteiger partial charge >= 0.3 is 17.9 Å². The average molecular weight is 529 g/mol. The second kappa shape index (κ2) is 11.4. The first-order valence-electron chi connectivity index (χ1n) is 11.7. The zero-order chi connectivity index (χ0) is 28.1. The van der Waals surface area contributed by atoms with Crippen molar-refractivity contribution in [3.8, 4) is 16.9 Å². The van der Waals surface area contributed by atoms with Gasteiger partial charge < -0.3 is 25.0 Å². The third-order valence-corrected chi connectivity index (χ3v) is 6.08. The number of methoxy groups -OCH3 is 2. The van der Waals surface area contributed by atoms with Gasteiger partial charge in [-0.25, -0.2) is 19.4 Å². The maximum atomic E-state index is 13.1. The number of carboxylic acids is 1. The molecule has 3 N–H and O–H groups in total. The summed E-state index contributed by atoms with van der Waals surface area (Å²) >= 11 is 0. The number of hydrogen-bond acceptors (Lipinski definition) is 8. The molecule has 0 saturated heterocycles. The number of carboxylic acid groups (broad SMARTS) is 1. The summed E-state index contributed by atoms with van der Waals surface area (Å²) in [6.07, 6.45) is 0.0796. The first-order valence-corrected chi connectivity index (χ1v) is 11.7. The Morgan fingerprint density at radius 3 is 2.15 bits per heavy atom.